The van der Waals surface area contributed by atoms with Gasteiger partial charge in [0.25, 0.3) is 0 Å². The quantitative estimate of drug-likeness (QED) is 0.784. The first kappa shape index (κ1) is 12.5. The number of piperidine rings is 1. The zero-order valence-corrected chi connectivity index (χ0v) is 11.6. The molecule has 0 spiro atoms. The van der Waals surface area contributed by atoms with Crippen LogP contribution >= 0.6 is 0 Å². The molecule has 1 heterocycles. The van der Waals surface area contributed by atoms with Crippen molar-refractivity contribution in [2.75, 3.05) is 19.6 Å². The van der Waals surface area contributed by atoms with Crippen molar-refractivity contribution in [3.63, 3.8) is 0 Å². The largest absolute Gasteiger partial charge is 0.355 e. The Labute approximate surface area is 110 Å². The van der Waals surface area contributed by atoms with Crippen LogP contribution in [-0.4, -0.2) is 25.5 Å². The predicted octanol–water partition coefficient (Wildman–Crippen LogP) is 2.07. The summed E-state index contributed by atoms with van der Waals surface area (Å²) in [4.78, 5) is 12.5. The maximum atomic E-state index is 12.5. The van der Waals surface area contributed by atoms with Gasteiger partial charge in [-0.3, -0.25) is 4.79 Å². The predicted molar refractivity (Wildman–Crippen MR) is 72.2 cm³/mol. The Kier molecular flexibility index (Phi) is 3.13. The normalized spacial score (nSPS) is 34.1. The minimum Gasteiger partial charge on any atom is -0.355 e. The number of carbonyl (C=O) groups is 1. The summed E-state index contributed by atoms with van der Waals surface area (Å²) in [5, 5.41) is 6.68. The molecule has 0 aromatic rings. The van der Waals surface area contributed by atoms with Crippen LogP contribution in [0, 0.1) is 16.7 Å². The van der Waals surface area contributed by atoms with Crippen molar-refractivity contribution in [1.82, 2.24) is 10.6 Å². The van der Waals surface area contributed by atoms with Crippen molar-refractivity contribution in [1.29, 1.82) is 0 Å². The van der Waals surface area contributed by atoms with E-state index in [1.165, 1.54) is 25.7 Å². The smallest absolute Gasteiger partial charge is 0.227 e. The fraction of sp³-hybridized carbons (Fsp3) is 0.933. The zero-order valence-electron chi connectivity index (χ0n) is 11.6. The van der Waals surface area contributed by atoms with Gasteiger partial charge in [-0.15, -0.1) is 0 Å². The van der Waals surface area contributed by atoms with E-state index in [0.29, 0.717) is 11.3 Å². The van der Waals surface area contributed by atoms with E-state index in [4.69, 9.17) is 0 Å². The monoisotopic (exact) mass is 250 g/mol. The molecule has 1 aliphatic heterocycles. The molecule has 1 atom stereocenters. The fourth-order valence-electron chi connectivity index (χ4n) is 3.65. The van der Waals surface area contributed by atoms with E-state index < -0.39 is 0 Å². The van der Waals surface area contributed by atoms with E-state index >= 15 is 0 Å². The van der Waals surface area contributed by atoms with Crippen molar-refractivity contribution >= 4 is 5.91 Å². The van der Waals surface area contributed by atoms with Gasteiger partial charge in [-0.05, 0) is 62.8 Å². The molecule has 0 bridgehead atoms. The second kappa shape index (κ2) is 4.52. The summed E-state index contributed by atoms with van der Waals surface area (Å²) in [6.07, 6.45) is 8.63. The van der Waals surface area contributed by atoms with Crippen LogP contribution in [0.15, 0.2) is 0 Å². The van der Waals surface area contributed by atoms with Crippen molar-refractivity contribution < 1.29 is 4.79 Å². The molecule has 2 saturated carbocycles. The SMILES string of the molecule is CCC1(C(=O)NCC2(C3CC3)CC2)CCCNC1. The average Bonchev–Trinajstić information content (AvgIpc) is 3.29. The second-order valence-electron chi connectivity index (χ2n) is 6.73. The molecule has 0 radical (unpaired) electrons. The van der Waals surface area contributed by atoms with Gasteiger partial charge in [0.2, 0.25) is 5.91 Å². The molecular formula is C15H26N2O. The molecule has 3 rings (SSSR count). The third kappa shape index (κ3) is 2.18. The highest BCUT2D eigenvalue weighted by Gasteiger charge is 2.54. The van der Waals surface area contributed by atoms with Crippen molar-refractivity contribution in [2.45, 2.75) is 51.9 Å². The lowest BCUT2D eigenvalue weighted by atomic mass is 9.77. The van der Waals surface area contributed by atoms with Gasteiger partial charge in [-0.2, -0.15) is 0 Å². The Bertz CT molecular complexity index is 325. The molecule has 3 aliphatic rings. The standard InChI is InChI=1S/C15H26N2O/c1-2-14(6-3-9-16-10-14)13(18)17-11-15(7-8-15)12-4-5-12/h12,16H,2-11H2,1H3,(H,17,18). The lowest BCUT2D eigenvalue weighted by Gasteiger charge is -2.36. The molecule has 0 aromatic carbocycles. The minimum absolute atomic E-state index is 0.127. The summed E-state index contributed by atoms with van der Waals surface area (Å²) in [5.74, 6) is 1.24. The second-order valence-corrected chi connectivity index (χ2v) is 6.73. The van der Waals surface area contributed by atoms with Gasteiger partial charge in [0.05, 0.1) is 5.41 Å². The molecule has 2 N–H and O–H groups in total. The van der Waals surface area contributed by atoms with Crippen LogP contribution in [0.2, 0.25) is 0 Å². The van der Waals surface area contributed by atoms with Gasteiger partial charge in [0.1, 0.15) is 0 Å². The molecule has 1 saturated heterocycles. The van der Waals surface area contributed by atoms with E-state index in [-0.39, 0.29) is 5.41 Å². The van der Waals surface area contributed by atoms with Crippen LogP contribution in [0.25, 0.3) is 0 Å². The van der Waals surface area contributed by atoms with Crippen LogP contribution in [0.5, 0.6) is 0 Å². The Morgan fingerprint density at radius 3 is 2.61 bits per heavy atom. The van der Waals surface area contributed by atoms with Gasteiger partial charge in [0.15, 0.2) is 0 Å². The third-order valence-corrected chi connectivity index (χ3v) is 5.57. The molecule has 3 fully saturated rings. The molecule has 18 heavy (non-hydrogen) atoms. The third-order valence-electron chi connectivity index (χ3n) is 5.57. The Morgan fingerprint density at radius 1 is 1.33 bits per heavy atom. The van der Waals surface area contributed by atoms with Crippen LogP contribution in [0.1, 0.15) is 51.9 Å². The highest BCUT2D eigenvalue weighted by molar-refractivity contribution is 5.83. The number of amides is 1. The van der Waals surface area contributed by atoms with Crippen molar-refractivity contribution in [3.8, 4) is 0 Å². The maximum Gasteiger partial charge on any atom is 0.227 e. The van der Waals surface area contributed by atoms with Gasteiger partial charge >= 0.3 is 0 Å². The molecule has 3 nitrogen and oxygen atoms in total. The topological polar surface area (TPSA) is 41.1 Å². The molecule has 102 valence electrons. The number of nitrogens with one attached hydrogen (secondary N) is 2. The first-order chi connectivity index (χ1) is 8.71. The number of rotatable bonds is 5. The number of hydrogen-bond acceptors (Lipinski definition) is 2. The van der Waals surface area contributed by atoms with Gasteiger partial charge in [0, 0.05) is 13.1 Å². The van der Waals surface area contributed by atoms with E-state index in [1.54, 1.807) is 0 Å². The average molecular weight is 250 g/mol. The van der Waals surface area contributed by atoms with Gasteiger partial charge < -0.3 is 10.6 Å². The summed E-state index contributed by atoms with van der Waals surface area (Å²) in [6.45, 7) is 5.03. The van der Waals surface area contributed by atoms with Gasteiger partial charge in [-0.25, -0.2) is 0 Å². The minimum atomic E-state index is -0.127. The van der Waals surface area contributed by atoms with Crippen LogP contribution in [0.4, 0.5) is 0 Å². The summed E-state index contributed by atoms with van der Waals surface area (Å²) < 4.78 is 0. The summed E-state index contributed by atoms with van der Waals surface area (Å²) in [5.41, 5.74) is 0.393. The molecule has 0 aromatic heterocycles. The van der Waals surface area contributed by atoms with Gasteiger partial charge in [-0.1, -0.05) is 6.92 Å². The molecule has 2 aliphatic carbocycles. The van der Waals surface area contributed by atoms with Crippen LogP contribution < -0.4 is 10.6 Å². The molecule has 3 heteroatoms. The summed E-state index contributed by atoms with van der Waals surface area (Å²) in [6, 6.07) is 0. The Morgan fingerprint density at radius 2 is 2.11 bits per heavy atom. The maximum absolute atomic E-state index is 12.5. The lowest BCUT2D eigenvalue weighted by Crippen LogP contribution is -2.51. The summed E-state index contributed by atoms with van der Waals surface area (Å²) >= 11 is 0. The van der Waals surface area contributed by atoms with E-state index in [2.05, 4.69) is 17.6 Å². The number of hydrogen-bond donors (Lipinski definition) is 2. The van der Waals surface area contributed by atoms with Crippen molar-refractivity contribution in [3.05, 3.63) is 0 Å². The summed E-state index contributed by atoms with van der Waals surface area (Å²) in [7, 11) is 0. The molecule has 1 unspecified atom stereocenters. The number of carbonyl (C=O) groups excluding carboxylic acids is 1. The zero-order chi connectivity index (χ0) is 12.6. The molecular weight excluding hydrogens is 224 g/mol. The lowest BCUT2D eigenvalue weighted by molar-refractivity contribution is -0.132. The van der Waals surface area contributed by atoms with Crippen molar-refractivity contribution in [2.24, 2.45) is 16.7 Å². The van der Waals surface area contributed by atoms with E-state index in [1.807, 2.05) is 0 Å². The highest BCUT2D eigenvalue weighted by Crippen LogP contribution is 2.60. The Balaban J connectivity index is 1.56. The fourth-order valence-corrected chi connectivity index (χ4v) is 3.65. The molecule has 1 amide bonds. The Hall–Kier alpha value is -0.570. The van der Waals surface area contributed by atoms with Crippen LogP contribution in [-0.2, 0) is 4.79 Å². The van der Waals surface area contributed by atoms with Crippen LogP contribution in [0.3, 0.4) is 0 Å². The first-order valence-corrected chi connectivity index (χ1v) is 7.70. The van der Waals surface area contributed by atoms with E-state index in [0.717, 1.165) is 44.8 Å². The first-order valence-electron chi connectivity index (χ1n) is 7.70. The highest BCUT2D eigenvalue weighted by atomic mass is 16.2. The van der Waals surface area contributed by atoms with E-state index in [9.17, 15) is 4.79 Å².